The van der Waals surface area contributed by atoms with Gasteiger partial charge in [-0.3, -0.25) is 4.79 Å². The molecule has 4 aliphatic rings. The zero-order valence-corrected chi connectivity index (χ0v) is 15.3. The van der Waals surface area contributed by atoms with E-state index in [9.17, 15) is 4.79 Å². The minimum atomic E-state index is 0.341. The fourth-order valence-corrected chi connectivity index (χ4v) is 5.87. The van der Waals surface area contributed by atoms with Crippen molar-refractivity contribution in [3.63, 3.8) is 0 Å². The van der Waals surface area contributed by atoms with E-state index in [2.05, 4.69) is 6.92 Å². The Morgan fingerprint density at radius 2 is 1.87 bits per heavy atom. The van der Waals surface area contributed by atoms with Gasteiger partial charge in [0, 0.05) is 13.5 Å². The van der Waals surface area contributed by atoms with Crippen LogP contribution in [0.5, 0.6) is 0 Å². The summed E-state index contributed by atoms with van der Waals surface area (Å²) in [5.41, 5.74) is 5.06. The van der Waals surface area contributed by atoms with Gasteiger partial charge in [0.1, 0.15) is 0 Å². The summed E-state index contributed by atoms with van der Waals surface area (Å²) in [6.45, 7) is 6.47. The number of methoxy groups -OCH3 is 1. The van der Waals surface area contributed by atoms with Crippen LogP contribution >= 0.6 is 0 Å². The largest absolute Gasteiger partial charge is 0.381 e. The summed E-state index contributed by atoms with van der Waals surface area (Å²) in [7, 11) is 1.89. The number of hydrogen-bond donors (Lipinski definition) is 0. The van der Waals surface area contributed by atoms with Crippen molar-refractivity contribution >= 4 is 5.78 Å². The average molecular weight is 316 g/mol. The second-order valence-electron chi connectivity index (χ2n) is 7.70. The van der Waals surface area contributed by atoms with Gasteiger partial charge in [0.15, 0.2) is 5.78 Å². The van der Waals surface area contributed by atoms with Crippen molar-refractivity contribution in [2.24, 2.45) is 17.3 Å². The lowest BCUT2D eigenvalue weighted by Gasteiger charge is -2.48. The van der Waals surface area contributed by atoms with Gasteiger partial charge < -0.3 is 4.74 Å². The van der Waals surface area contributed by atoms with Gasteiger partial charge in [-0.2, -0.15) is 0 Å². The summed E-state index contributed by atoms with van der Waals surface area (Å²) < 4.78 is 5.81. The minimum Gasteiger partial charge on any atom is -0.381 e. The van der Waals surface area contributed by atoms with Crippen LogP contribution in [0.1, 0.15) is 72.1 Å². The molecule has 0 saturated heterocycles. The quantitative estimate of drug-likeness (QED) is 0.662. The predicted molar refractivity (Wildman–Crippen MR) is 94.3 cm³/mol. The fourth-order valence-electron chi connectivity index (χ4n) is 5.87. The van der Waals surface area contributed by atoms with Gasteiger partial charge in [-0.25, -0.2) is 0 Å². The summed E-state index contributed by atoms with van der Waals surface area (Å²) >= 11 is 0. The van der Waals surface area contributed by atoms with Crippen LogP contribution < -0.4 is 0 Å². The van der Waals surface area contributed by atoms with Crippen LogP contribution in [0.15, 0.2) is 22.8 Å². The van der Waals surface area contributed by atoms with E-state index in [0.29, 0.717) is 17.3 Å². The molecule has 0 bridgehead atoms. The maximum atomic E-state index is 11.7. The molecule has 0 heterocycles. The van der Waals surface area contributed by atoms with Crippen molar-refractivity contribution in [2.45, 2.75) is 78.2 Å². The number of fused-ring (bicyclic) bond motifs is 4. The first kappa shape index (κ1) is 17.0. The summed E-state index contributed by atoms with van der Waals surface area (Å²) in [6, 6.07) is 0. The minimum absolute atomic E-state index is 0.341. The fraction of sp³-hybridized carbons (Fsp3) is 0.762. The highest BCUT2D eigenvalue weighted by Gasteiger charge is 2.53. The second kappa shape index (κ2) is 6.55. The Morgan fingerprint density at radius 3 is 2.61 bits per heavy atom. The molecule has 128 valence electrons. The van der Waals surface area contributed by atoms with Crippen molar-refractivity contribution < 1.29 is 9.53 Å². The molecule has 0 aliphatic heterocycles. The lowest BCUT2D eigenvalue weighted by Crippen LogP contribution is -2.42. The predicted octanol–water partition coefficient (Wildman–Crippen LogP) is 5.23. The SMILES string of the molecule is CC.CO[C@H]1CC[C@H]2[C@@H]3CCC4=CC(=O)CCC4=C3CC[C@]12C. The number of ether oxygens (including phenoxy) is 1. The molecule has 0 unspecified atom stereocenters. The Balaban J connectivity index is 0.000000753. The molecule has 0 aromatic rings. The standard InChI is InChI=1S/C19H26O2.C2H6/c1-19-10-9-15-14-6-4-13(20)11-12(14)3-5-16(15)17(19)7-8-18(19)21-2;1-2/h11,16-18H,3-10H2,1-2H3;1-2H3/t16-,17+,18+,19+;/m1./s1. The molecule has 23 heavy (non-hydrogen) atoms. The van der Waals surface area contributed by atoms with Gasteiger partial charge >= 0.3 is 0 Å². The molecule has 2 saturated carbocycles. The summed E-state index contributed by atoms with van der Waals surface area (Å²) in [5, 5.41) is 0. The van der Waals surface area contributed by atoms with Gasteiger partial charge in [0.25, 0.3) is 0 Å². The van der Waals surface area contributed by atoms with E-state index in [1.165, 1.54) is 37.7 Å². The van der Waals surface area contributed by atoms with E-state index in [1.807, 2.05) is 27.0 Å². The maximum Gasteiger partial charge on any atom is 0.156 e. The van der Waals surface area contributed by atoms with Crippen molar-refractivity contribution in [2.75, 3.05) is 7.11 Å². The van der Waals surface area contributed by atoms with E-state index in [0.717, 1.165) is 31.1 Å². The number of hydrogen-bond acceptors (Lipinski definition) is 2. The van der Waals surface area contributed by atoms with Crippen LogP contribution in [0.3, 0.4) is 0 Å². The van der Waals surface area contributed by atoms with Crippen molar-refractivity contribution in [1.82, 2.24) is 0 Å². The highest BCUT2D eigenvalue weighted by molar-refractivity contribution is 5.93. The normalized spacial score (nSPS) is 38.9. The number of carbonyl (C=O) groups is 1. The highest BCUT2D eigenvalue weighted by atomic mass is 16.5. The third kappa shape index (κ3) is 2.63. The summed E-state index contributed by atoms with van der Waals surface area (Å²) in [6.07, 6.45) is 11.6. The number of rotatable bonds is 1. The molecule has 0 aromatic heterocycles. The molecule has 0 amide bonds. The van der Waals surface area contributed by atoms with E-state index < -0.39 is 0 Å². The molecular formula is C21H32O2. The van der Waals surface area contributed by atoms with Crippen LogP contribution in [0.25, 0.3) is 0 Å². The molecule has 4 rings (SSSR count). The molecule has 4 aliphatic carbocycles. The molecule has 0 N–H and O–H groups in total. The van der Waals surface area contributed by atoms with Crippen LogP contribution in [0.2, 0.25) is 0 Å². The van der Waals surface area contributed by atoms with Crippen LogP contribution in [-0.4, -0.2) is 19.0 Å². The topological polar surface area (TPSA) is 26.3 Å². The zero-order valence-electron chi connectivity index (χ0n) is 15.3. The van der Waals surface area contributed by atoms with Gasteiger partial charge in [0.2, 0.25) is 0 Å². The molecule has 2 nitrogen and oxygen atoms in total. The van der Waals surface area contributed by atoms with Gasteiger partial charge in [0.05, 0.1) is 6.10 Å². The number of allylic oxidation sites excluding steroid dienone is 4. The Bertz CT molecular complexity index is 542. The monoisotopic (exact) mass is 316 g/mol. The Kier molecular flexibility index (Phi) is 4.83. The molecule has 2 heteroatoms. The second-order valence-corrected chi connectivity index (χ2v) is 7.70. The van der Waals surface area contributed by atoms with E-state index >= 15 is 0 Å². The van der Waals surface area contributed by atoms with Crippen molar-refractivity contribution in [1.29, 1.82) is 0 Å². The first-order valence-corrected chi connectivity index (χ1v) is 9.62. The van der Waals surface area contributed by atoms with E-state index in [4.69, 9.17) is 4.74 Å². The van der Waals surface area contributed by atoms with Gasteiger partial charge in [-0.15, -0.1) is 0 Å². The lowest BCUT2D eigenvalue weighted by atomic mass is 9.57. The van der Waals surface area contributed by atoms with Crippen LogP contribution in [-0.2, 0) is 9.53 Å². The Labute approximate surface area is 141 Å². The maximum absolute atomic E-state index is 11.7. The Morgan fingerprint density at radius 1 is 1.09 bits per heavy atom. The first-order chi connectivity index (χ1) is 11.1. The van der Waals surface area contributed by atoms with Crippen molar-refractivity contribution in [3.05, 3.63) is 22.8 Å². The highest BCUT2D eigenvalue weighted by Crippen LogP contribution is 2.60. The molecule has 0 spiro atoms. The van der Waals surface area contributed by atoms with Gasteiger partial charge in [-0.1, -0.05) is 26.3 Å². The molecule has 0 aromatic carbocycles. The third-order valence-electron chi connectivity index (χ3n) is 6.93. The zero-order chi connectivity index (χ0) is 16.6. The first-order valence-electron chi connectivity index (χ1n) is 9.62. The van der Waals surface area contributed by atoms with Crippen LogP contribution in [0.4, 0.5) is 0 Å². The third-order valence-corrected chi connectivity index (χ3v) is 6.93. The lowest BCUT2D eigenvalue weighted by molar-refractivity contribution is -0.114. The van der Waals surface area contributed by atoms with Crippen molar-refractivity contribution in [3.8, 4) is 0 Å². The molecule has 2 fully saturated rings. The number of ketones is 1. The smallest absolute Gasteiger partial charge is 0.156 e. The van der Waals surface area contributed by atoms with Gasteiger partial charge in [-0.05, 0) is 79.4 Å². The summed E-state index contributed by atoms with van der Waals surface area (Å²) in [5.74, 6) is 1.91. The Hall–Kier alpha value is -0.890. The van der Waals surface area contributed by atoms with Crippen LogP contribution in [0, 0.1) is 17.3 Å². The molecule has 4 atom stereocenters. The molecular weight excluding hydrogens is 284 g/mol. The molecule has 0 radical (unpaired) electrons. The van der Waals surface area contributed by atoms with E-state index in [-0.39, 0.29) is 0 Å². The summed E-state index contributed by atoms with van der Waals surface area (Å²) in [4.78, 5) is 11.7. The average Bonchev–Trinajstić information content (AvgIpc) is 2.92. The number of carbonyl (C=O) groups excluding carboxylic acids is 1. The van der Waals surface area contributed by atoms with E-state index in [1.54, 1.807) is 11.1 Å².